The number of nitrogens with one attached hydrogen (secondary N) is 1. The summed E-state index contributed by atoms with van der Waals surface area (Å²) in [6.07, 6.45) is 0.710. The van der Waals surface area contributed by atoms with Gasteiger partial charge in [-0.1, -0.05) is 0 Å². The van der Waals surface area contributed by atoms with Gasteiger partial charge in [0, 0.05) is 6.07 Å². The van der Waals surface area contributed by atoms with Crippen LogP contribution in [0, 0.1) is 21.7 Å². The van der Waals surface area contributed by atoms with E-state index in [1.54, 1.807) is 12.1 Å². The first-order valence-electron chi connectivity index (χ1n) is 6.52. The van der Waals surface area contributed by atoms with Gasteiger partial charge in [-0.25, -0.2) is 5.43 Å². The number of hydrogen-bond donors (Lipinski definition) is 1. The second-order valence-corrected chi connectivity index (χ2v) is 4.56. The maximum absolute atomic E-state index is 12.4. The fraction of sp³-hybridized carbons (Fsp3) is 0.214. The molecular formula is C14H13N5O4. The molecular weight excluding hydrogens is 302 g/mol. The fourth-order valence-electron chi connectivity index (χ4n) is 1.90. The van der Waals surface area contributed by atoms with Gasteiger partial charge in [-0.3, -0.25) is 4.79 Å². The normalized spacial score (nSPS) is 11.1. The van der Waals surface area contributed by atoms with E-state index in [9.17, 15) is 15.2 Å². The van der Waals surface area contributed by atoms with Gasteiger partial charge in [0.1, 0.15) is 17.9 Å². The highest BCUT2D eigenvalue weighted by atomic mass is 16.5. The monoisotopic (exact) mass is 315 g/mol. The number of ether oxygens (including phenoxy) is 1. The highest BCUT2D eigenvalue weighted by Gasteiger charge is 2.22. The summed E-state index contributed by atoms with van der Waals surface area (Å²) in [6, 6.07) is 6.15. The van der Waals surface area contributed by atoms with Crippen LogP contribution >= 0.6 is 0 Å². The third-order valence-corrected chi connectivity index (χ3v) is 3.06. The van der Waals surface area contributed by atoms with Crippen molar-refractivity contribution in [2.24, 2.45) is 5.10 Å². The van der Waals surface area contributed by atoms with Crippen LogP contribution in [-0.4, -0.2) is 18.7 Å². The maximum Gasteiger partial charge on any atom is 0.305 e. The van der Waals surface area contributed by atoms with Gasteiger partial charge >= 0.3 is 5.69 Å². The van der Waals surface area contributed by atoms with Gasteiger partial charge in [0.2, 0.25) is 0 Å². The average molecular weight is 315 g/mol. The molecule has 0 fully saturated rings. The van der Waals surface area contributed by atoms with Crippen LogP contribution in [0.25, 0.3) is 11.0 Å². The van der Waals surface area contributed by atoms with Crippen molar-refractivity contribution in [3.05, 3.63) is 40.5 Å². The molecule has 0 unspecified atom stereocenters. The molecule has 2 aromatic rings. The summed E-state index contributed by atoms with van der Waals surface area (Å²) in [7, 11) is 1.45. The number of amides is 1. The van der Waals surface area contributed by atoms with Crippen LogP contribution in [0.2, 0.25) is 0 Å². The Balaban J connectivity index is 2.49. The van der Waals surface area contributed by atoms with E-state index in [4.69, 9.17) is 10.00 Å². The number of carbonyl (C=O) groups is 1. The van der Waals surface area contributed by atoms with Crippen LogP contribution in [0.15, 0.2) is 29.5 Å². The lowest BCUT2D eigenvalue weighted by Crippen LogP contribution is -2.43. The highest BCUT2D eigenvalue weighted by Crippen LogP contribution is 2.15. The Kier molecular flexibility index (Phi) is 4.56. The summed E-state index contributed by atoms with van der Waals surface area (Å²) in [6.45, 7) is 1.46. The predicted octanol–water partition coefficient (Wildman–Crippen LogP) is -0.131. The Morgan fingerprint density at radius 3 is 2.83 bits per heavy atom. The van der Waals surface area contributed by atoms with Crippen LogP contribution in [0.5, 0.6) is 5.75 Å². The van der Waals surface area contributed by atoms with E-state index in [1.807, 2.05) is 0 Å². The second-order valence-electron chi connectivity index (χ2n) is 4.56. The first-order valence-corrected chi connectivity index (χ1v) is 6.52. The number of methoxy groups -OCH3 is 1. The van der Waals surface area contributed by atoms with Crippen LogP contribution in [0.3, 0.4) is 0 Å². The van der Waals surface area contributed by atoms with E-state index in [1.165, 1.54) is 26.2 Å². The molecule has 118 valence electrons. The number of hydrogen-bond acceptors (Lipinski definition) is 6. The molecule has 0 spiro atoms. The van der Waals surface area contributed by atoms with E-state index in [0.717, 1.165) is 6.20 Å². The molecule has 2 rings (SSSR count). The zero-order valence-corrected chi connectivity index (χ0v) is 12.4. The molecule has 0 aliphatic heterocycles. The quantitative estimate of drug-likeness (QED) is 0.364. The Morgan fingerprint density at radius 1 is 1.43 bits per heavy atom. The van der Waals surface area contributed by atoms with Gasteiger partial charge in [0.15, 0.2) is 0 Å². The molecule has 0 aliphatic rings. The van der Waals surface area contributed by atoms with Crippen molar-refractivity contribution in [1.29, 1.82) is 5.26 Å². The number of hydrazone groups is 1. The summed E-state index contributed by atoms with van der Waals surface area (Å²) in [4.78, 5) is 11.2. The van der Waals surface area contributed by atoms with E-state index in [2.05, 4.69) is 10.5 Å². The summed E-state index contributed by atoms with van der Waals surface area (Å²) in [5.74, 6) is -0.182. The van der Waals surface area contributed by atoms with Crippen molar-refractivity contribution < 1.29 is 19.0 Å². The lowest BCUT2D eigenvalue weighted by molar-refractivity contribution is -0.629. The highest BCUT2D eigenvalue weighted by molar-refractivity contribution is 5.96. The zero-order valence-electron chi connectivity index (χ0n) is 12.4. The Morgan fingerprint density at radius 2 is 2.17 bits per heavy atom. The molecule has 0 radical (unpaired) electrons. The van der Waals surface area contributed by atoms with Gasteiger partial charge in [-0.05, 0) is 13.0 Å². The molecule has 1 aromatic carbocycles. The topological polar surface area (TPSA) is 128 Å². The number of benzene rings is 1. The number of carbonyl (C=O) groups excluding carboxylic acids is 1. The fourth-order valence-corrected chi connectivity index (χ4v) is 1.90. The average Bonchev–Trinajstić information content (AvgIpc) is 2.55. The van der Waals surface area contributed by atoms with Crippen LogP contribution in [-0.2, 0) is 4.79 Å². The molecule has 0 aliphatic carbocycles. The molecule has 9 nitrogen and oxygen atoms in total. The SMILES string of the molecule is COc1ccc2c(c1)[n+]([O-])c(C(C)=NNC(=O)CC#N)c[n+]2[O-]. The lowest BCUT2D eigenvalue weighted by atomic mass is 10.2. The van der Waals surface area contributed by atoms with E-state index < -0.39 is 5.91 Å². The second kappa shape index (κ2) is 6.57. The number of rotatable bonds is 4. The number of nitrogens with zero attached hydrogens (tertiary/aromatic N) is 4. The molecule has 1 amide bonds. The summed E-state index contributed by atoms with van der Waals surface area (Å²) < 4.78 is 6.11. The molecule has 9 heteroatoms. The standard InChI is InChI=1S/C14H13N5O4/c1-9(16-17-14(20)5-6-15)13-8-18(21)11-4-3-10(23-2)7-12(11)19(13)22/h3-4,7-8H,5H2,1-2H3,(H,17,20). The van der Waals surface area contributed by atoms with Crippen molar-refractivity contribution in [2.45, 2.75) is 13.3 Å². The number of nitriles is 1. The number of aromatic nitrogens is 2. The molecule has 1 N–H and O–H groups in total. The first kappa shape index (κ1) is 16.0. The van der Waals surface area contributed by atoms with Crippen molar-refractivity contribution in [2.75, 3.05) is 7.11 Å². The molecule has 0 saturated heterocycles. The van der Waals surface area contributed by atoms with Gasteiger partial charge in [0.05, 0.1) is 19.2 Å². The number of fused-ring (bicyclic) bond motifs is 1. The Labute approximate surface area is 131 Å². The van der Waals surface area contributed by atoms with Crippen molar-refractivity contribution >= 4 is 22.7 Å². The summed E-state index contributed by atoms with van der Waals surface area (Å²) in [5, 5.41) is 36.6. The van der Waals surface area contributed by atoms with Gasteiger partial charge in [0.25, 0.3) is 23.1 Å². The zero-order chi connectivity index (χ0) is 17.0. The molecule has 0 saturated carbocycles. The first-order chi connectivity index (χ1) is 11.0. The maximum atomic E-state index is 12.4. The molecule has 23 heavy (non-hydrogen) atoms. The summed E-state index contributed by atoms with van der Waals surface area (Å²) >= 11 is 0. The Hall–Kier alpha value is -3.41. The van der Waals surface area contributed by atoms with Crippen LogP contribution in [0.4, 0.5) is 0 Å². The molecule has 1 aromatic heterocycles. The Bertz CT molecular complexity index is 841. The smallest absolute Gasteiger partial charge is 0.305 e. The van der Waals surface area contributed by atoms with E-state index in [-0.39, 0.29) is 28.9 Å². The largest absolute Gasteiger partial charge is 0.618 e. The minimum absolute atomic E-state index is 0.0296. The van der Waals surface area contributed by atoms with Crippen molar-refractivity contribution in [1.82, 2.24) is 5.43 Å². The van der Waals surface area contributed by atoms with Gasteiger partial charge < -0.3 is 15.2 Å². The minimum Gasteiger partial charge on any atom is -0.618 e. The predicted molar refractivity (Wildman–Crippen MR) is 79.0 cm³/mol. The van der Waals surface area contributed by atoms with Crippen LogP contribution in [0.1, 0.15) is 19.0 Å². The van der Waals surface area contributed by atoms with Crippen molar-refractivity contribution in [3.63, 3.8) is 0 Å². The third-order valence-electron chi connectivity index (χ3n) is 3.06. The van der Waals surface area contributed by atoms with Crippen LogP contribution < -0.4 is 19.6 Å². The molecule has 0 bridgehead atoms. The van der Waals surface area contributed by atoms with Crippen molar-refractivity contribution in [3.8, 4) is 11.8 Å². The molecule has 1 heterocycles. The summed E-state index contributed by atoms with van der Waals surface area (Å²) in [5.41, 5.74) is 2.51. The van der Waals surface area contributed by atoms with E-state index in [0.29, 0.717) is 15.2 Å². The minimum atomic E-state index is -0.609. The van der Waals surface area contributed by atoms with Gasteiger partial charge in [-0.15, -0.1) is 0 Å². The lowest BCUT2D eigenvalue weighted by Gasteiger charge is -2.08. The van der Waals surface area contributed by atoms with Gasteiger partial charge in [-0.2, -0.15) is 19.8 Å². The third kappa shape index (κ3) is 3.26. The molecule has 0 atom stereocenters. The van der Waals surface area contributed by atoms with E-state index >= 15 is 0 Å².